The molecule has 0 saturated heterocycles. The number of nitrogens with two attached hydrogens (primary N) is 1. The summed E-state index contributed by atoms with van der Waals surface area (Å²) in [5.74, 6) is -1.18. The van der Waals surface area contributed by atoms with Gasteiger partial charge in [-0.1, -0.05) is 24.1 Å². The maximum atomic E-state index is 12.1. The Kier molecular flexibility index (Phi) is 6.12. The van der Waals surface area contributed by atoms with Crippen LogP contribution in [0.2, 0.25) is 0 Å². The Bertz CT molecular complexity index is 540. The van der Waals surface area contributed by atoms with E-state index >= 15 is 0 Å². The molecule has 112 valence electrons. The molecule has 0 aliphatic carbocycles. The number of carboxylic acid groups (broad SMARTS) is 1. The van der Waals surface area contributed by atoms with E-state index < -0.39 is 22.0 Å². The van der Waals surface area contributed by atoms with Gasteiger partial charge in [-0.15, -0.1) is 0 Å². The molecule has 0 radical (unpaired) electrons. The molecule has 4 N–H and O–H groups in total. The van der Waals surface area contributed by atoms with Crippen LogP contribution >= 0.6 is 0 Å². The van der Waals surface area contributed by atoms with E-state index in [2.05, 4.69) is 4.72 Å². The number of carboxylic acids is 1. The van der Waals surface area contributed by atoms with E-state index in [1.165, 1.54) is 12.1 Å². The number of hydrogen-bond acceptors (Lipinski definition) is 4. The minimum Gasteiger partial charge on any atom is -0.480 e. The Morgan fingerprint density at radius 1 is 1.30 bits per heavy atom. The first kappa shape index (κ1) is 16.6. The van der Waals surface area contributed by atoms with Crippen molar-refractivity contribution >= 4 is 16.0 Å². The minimum absolute atomic E-state index is 0.0631. The fourth-order valence-electron chi connectivity index (χ4n) is 1.70. The number of rotatable bonds is 8. The molecule has 0 spiro atoms. The van der Waals surface area contributed by atoms with Gasteiger partial charge in [0.25, 0.3) is 0 Å². The van der Waals surface area contributed by atoms with Crippen molar-refractivity contribution in [1.29, 1.82) is 0 Å². The standard InChI is InChI=1S/C13H20N2O4S/c1-10-5-7-11(8-6-10)20(18,19)15-12(13(16)17)4-2-3-9-14/h5-8,12,15H,2-4,9,14H2,1H3,(H,16,17)/t12-/m1/s1. The Labute approximate surface area is 119 Å². The lowest BCUT2D eigenvalue weighted by atomic mass is 10.1. The van der Waals surface area contributed by atoms with Crippen molar-refractivity contribution in [2.45, 2.75) is 37.1 Å². The van der Waals surface area contributed by atoms with Crippen molar-refractivity contribution in [3.05, 3.63) is 29.8 Å². The fraction of sp³-hybridized carbons (Fsp3) is 0.462. The van der Waals surface area contributed by atoms with E-state index in [-0.39, 0.29) is 11.3 Å². The average Bonchev–Trinajstić information content (AvgIpc) is 2.38. The molecule has 0 amide bonds. The summed E-state index contributed by atoms with van der Waals surface area (Å²) in [6, 6.07) is 5.11. The molecule has 0 aromatic heterocycles. The first-order valence-electron chi connectivity index (χ1n) is 6.38. The summed E-state index contributed by atoms with van der Waals surface area (Å²) in [5.41, 5.74) is 6.27. The molecule has 0 heterocycles. The van der Waals surface area contributed by atoms with E-state index in [4.69, 9.17) is 10.8 Å². The second kappa shape index (κ2) is 7.37. The van der Waals surface area contributed by atoms with Crippen LogP contribution in [0.4, 0.5) is 0 Å². The third kappa shape index (κ3) is 4.92. The molecule has 1 atom stereocenters. The Hall–Kier alpha value is -1.44. The van der Waals surface area contributed by atoms with E-state index in [0.29, 0.717) is 19.4 Å². The van der Waals surface area contributed by atoms with Gasteiger partial charge in [0.15, 0.2) is 0 Å². The molecule has 1 rings (SSSR count). The first-order chi connectivity index (χ1) is 9.36. The lowest BCUT2D eigenvalue weighted by molar-refractivity contribution is -0.139. The molecule has 20 heavy (non-hydrogen) atoms. The molecular weight excluding hydrogens is 280 g/mol. The largest absolute Gasteiger partial charge is 0.480 e. The van der Waals surface area contributed by atoms with Gasteiger partial charge in [-0.3, -0.25) is 4.79 Å². The summed E-state index contributed by atoms with van der Waals surface area (Å²) in [6.45, 7) is 2.30. The summed E-state index contributed by atoms with van der Waals surface area (Å²) in [4.78, 5) is 11.2. The van der Waals surface area contributed by atoms with Crippen molar-refractivity contribution in [3.8, 4) is 0 Å². The molecule has 0 aliphatic heterocycles. The number of hydrogen-bond donors (Lipinski definition) is 3. The number of benzene rings is 1. The van der Waals surface area contributed by atoms with Gasteiger partial charge in [-0.25, -0.2) is 8.42 Å². The zero-order valence-electron chi connectivity index (χ0n) is 11.4. The van der Waals surface area contributed by atoms with Crippen LogP contribution in [-0.2, 0) is 14.8 Å². The zero-order valence-corrected chi connectivity index (χ0v) is 12.2. The minimum atomic E-state index is -3.82. The van der Waals surface area contributed by atoms with Crippen LogP contribution < -0.4 is 10.5 Å². The summed E-state index contributed by atoms with van der Waals surface area (Å²) >= 11 is 0. The van der Waals surface area contributed by atoms with Crippen LogP contribution in [0, 0.1) is 6.92 Å². The van der Waals surface area contributed by atoms with E-state index in [1.807, 2.05) is 6.92 Å². The number of sulfonamides is 1. The predicted octanol–water partition coefficient (Wildman–Crippen LogP) is 0.856. The molecule has 0 bridgehead atoms. The molecular formula is C13H20N2O4S. The van der Waals surface area contributed by atoms with Crippen molar-refractivity contribution in [2.24, 2.45) is 5.73 Å². The van der Waals surface area contributed by atoms with Crippen LogP contribution in [0.15, 0.2) is 29.2 Å². The summed E-state index contributed by atoms with van der Waals surface area (Å²) in [7, 11) is -3.82. The SMILES string of the molecule is Cc1ccc(S(=O)(=O)N[C@H](CCCCN)C(=O)O)cc1. The van der Waals surface area contributed by atoms with Crippen molar-refractivity contribution < 1.29 is 18.3 Å². The third-order valence-electron chi connectivity index (χ3n) is 2.87. The lowest BCUT2D eigenvalue weighted by Crippen LogP contribution is -2.40. The highest BCUT2D eigenvalue weighted by molar-refractivity contribution is 7.89. The van der Waals surface area contributed by atoms with E-state index in [1.54, 1.807) is 12.1 Å². The van der Waals surface area contributed by atoms with Crippen molar-refractivity contribution in [3.63, 3.8) is 0 Å². The van der Waals surface area contributed by atoms with Gasteiger partial charge in [-0.2, -0.15) is 4.72 Å². The van der Waals surface area contributed by atoms with Crippen molar-refractivity contribution in [2.75, 3.05) is 6.54 Å². The van der Waals surface area contributed by atoms with Crippen LogP contribution in [0.5, 0.6) is 0 Å². The van der Waals surface area contributed by atoms with E-state index in [0.717, 1.165) is 5.56 Å². The lowest BCUT2D eigenvalue weighted by Gasteiger charge is -2.14. The number of aliphatic carboxylic acids is 1. The van der Waals surface area contributed by atoms with Gasteiger partial charge in [0.05, 0.1) is 4.90 Å². The average molecular weight is 300 g/mol. The van der Waals surface area contributed by atoms with Gasteiger partial charge in [-0.05, 0) is 38.4 Å². The number of nitrogens with one attached hydrogen (secondary N) is 1. The van der Waals surface area contributed by atoms with Gasteiger partial charge >= 0.3 is 5.97 Å². The van der Waals surface area contributed by atoms with Crippen LogP contribution in [0.25, 0.3) is 0 Å². The Morgan fingerprint density at radius 3 is 2.40 bits per heavy atom. The molecule has 0 aliphatic rings. The second-order valence-corrected chi connectivity index (χ2v) is 6.32. The monoisotopic (exact) mass is 300 g/mol. The molecule has 6 nitrogen and oxygen atoms in total. The first-order valence-corrected chi connectivity index (χ1v) is 7.87. The molecule has 1 aromatic carbocycles. The Balaban J connectivity index is 2.80. The van der Waals surface area contributed by atoms with Gasteiger partial charge in [0.1, 0.15) is 6.04 Å². The highest BCUT2D eigenvalue weighted by Crippen LogP contribution is 2.12. The highest BCUT2D eigenvalue weighted by atomic mass is 32.2. The smallest absolute Gasteiger partial charge is 0.321 e. The van der Waals surface area contributed by atoms with E-state index in [9.17, 15) is 13.2 Å². The topological polar surface area (TPSA) is 109 Å². The van der Waals surface area contributed by atoms with Crippen LogP contribution in [0.3, 0.4) is 0 Å². The molecule has 1 aromatic rings. The number of carbonyl (C=O) groups is 1. The fourth-order valence-corrected chi connectivity index (χ4v) is 2.92. The zero-order chi connectivity index (χ0) is 15.2. The molecule has 0 unspecified atom stereocenters. The number of aryl methyl sites for hydroxylation is 1. The van der Waals surface area contributed by atoms with Crippen LogP contribution in [-0.4, -0.2) is 32.1 Å². The summed E-state index contributed by atoms with van der Waals surface area (Å²) in [5, 5.41) is 9.07. The maximum absolute atomic E-state index is 12.1. The maximum Gasteiger partial charge on any atom is 0.321 e. The van der Waals surface area contributed by atoms with Gasteiger partial charge in [0, 0.05) is 0 Å². The quantitative estimate of drug-likeness (QED) is 0.617. The van der Waals surface area contributed by atoms with Gasteiger partial charge in [0.2, 0.25) is 10.0 Å². The highest BCUT2D eigenvalue weighted by Gasteiger charge is 2.24. The summed E-state index contributed by atoms with van der Waals surface area (Å²) < 4.78 is 26.4. The van der Waals surface area contributed by atoms with Gasteiger partial charge < -0.3 is 10.8 Å². The molecule has 0 fully saturated rings. The van der Waals surface area contributed by atoms with Crippen LogP contribution in [0.1, 0.15) is 24.8 Å². The Morgan fingerprint density at radius 2 is 1.90 bits per heavy atom. The second-order valence-electron chi connectivity index (χ2n) is 4.61. The summed E-state index contributed by atoms with van der Waals surface area (Å²) in [6.07, 6.45) is 1.44. The third-order valence-corrected chi connectivity index (χ3v) is 4.36. The predicted molar refractivity (Wildman–Crippen MR) is 75.8 cm³/mol. The molecule has 7 heteroatoms. The molecule has 0 saturated carbocycles. The van der Waals surface area contributed by atoms with Crippen molar-refractivity contribution in [1.82, 2.24) is 4.72 Å². The normalized spacial score (nSPS) is 13.1. The number of unbranched alkanes of at least 4 members (excludes halogenated alkanes) is 1.